The topological polar surface area (TPSA) is 29.3 Å². The molecule has 10 heavy (non-hydrogen) atoms. The first kappa shape index (κ1) is 6.62. The quantitative estimate of drug-likeness (QED) is 0.607. The van der Waals surface area contributed by atoms with Gasteiger partial charge in [-0.15, -0.1) is 0 Å². The van der Waals surface area contributed by atoms with E-state index < -0.39 is 0 Å². The van der Waals surface area contributed by atoms with Gasteiger partial charge in [0.25, 0.3) is 0 Å². The Morgan fingerprint density at radius 1 is 1.20 bits per heavy atom. The third kappa shape index (κ3) is 1.32. The molecule has 0 unspecified atom stereocenters. The normalized spacial score (nSPS) is 30.9. The molecule has 2 fully saturated rings. The Balaban J connectivity index is 1.78. The van der Waals surface area contributed by atoms with Crippen molar-refractivity contribution in [1.29, 1.82) is 0 Å². The standard InChI is InChI=1S/C8H16N2/c9-8(3-4-8)7-10-5-1-2-6-10/h1-7,9H2. The Labute approximate surface area is 62.4 Å². The summed E-state index contributed by atoms with van der Waals surface area (Å²) in [6, 6.07) is 0. The van der Waals surface area contributed by atoms with Gasteiger partial charge < -0.3 is 10.6 Å². The van der Waals surface area contributed by atoms with Crippen molar-refractivity contribution >= 4 is 0 Å². The van der Waals surface area contributed by atoms with Crippen molar-refractivity contribution in [2.45, 2.75) is 31.2 Å². The molecule has 0 spiro atoms. The number of rotatable bonds is 2. The molecule has 0 aromatic rings. The highest BCUT2D eigenvalue weighted by molar-refractivity contribution is 5.01. The molecule has 0 aromatic heterocycles. The monoisotopic (exact) mass is 140 g/mol. The highest BCUT2D eigenvalue weighted by atomic mass is 15.2. The average Bonchev–Trinajstić information content (AvgIpc) is 2.47. The lowest BCUT2D eigenvalue weighted by Crippen LogP contribution is -2.37. The average molecular weight is 140 g/mol. The molecule has 0 bridgehead atoms. The van der Waals surface area contributed by atoms with Gasteiger partial charge in [0.2, 0.25) is 0 Å². The van der Waals surface area contributed by atoms with Gasteiger partial charge in [-0.3, -0.25) is 0 Å². The largest absolute Gasteiger partial charge is 0.324 e. The van der Waals surface area contributed by atoms with Gasteiger partial charge in [-0.1, -0.05) is 0 Å². The fourth-order valence-electron chi connectivity index (χ4n) is 1.70. The molecule has 2 heteroatoms. The maximum atomic E-state index is 5.98. The highest BCUT2D eigenvalue weighted by Crippen LogP contribution is 2.33. The Morgan fingerprint density at radius 3 is 2.30 bits per heavy atom. The summed E-state index contributed by atoms with van der Waals surface area (Å²) < 4.78 is 0. The van der Waals surface area contributed by atoms with Crippen LogP contribution in [0, 0.1) is 0 Å². The van der Waals surface area contributed by atoms with Crippen molar-refractivity contribution in [3.63, 3.8) is 0 Å². The van der Waals surface area contributed by atoms with Crippen LogP contribution in [0.3, 0.4) is 0 Å². The summed E-state index contributed by atoms with van der Waals surface area (Å²) in [5.74, 6) is 0. The van der Waals surface area contributed by atoms with Crippen LogP contribution in [0.15, 0.2) is 0 Å². The van der Waals surface area contributed by atoms with Crippen LogP contribution in [0.5, 0.6) is 0 Å². The van der Waals surface area contributed by atoms with E-state index in [1.54, 1.807) is 0 Å². The number of hydrogen-bond donors (Lipinski definition) is 1. The maximum absolute atomic E-state index is 5.98. The first-order valence-corrected chi connectivity index (χ1v) is 4.30. The molecule has 2 N–H and O–H groups in total. The van der Waals surface area contributed by atoms with Crippen molar-refractivity contribution in [2.75, 3.05) is 19.6 Å². The highest BCUT2D eigenvalue weighted by Gasteiger charge is 2.39. The second kappa shape index (κ2) is 2.21. The van der Waals surface area contributed by atoms with Crippen molar-refractivity contribution in [3.8, 4) is 0 Å². The lowest BCUT2D eigenvalue weighted by Gasteiger charge is -2.18. The summed E-state index contributed by atoms with van der Waals surface area (Å²) in [6.45, 7) is 3.74. The Bertz CT molecular complexity index is 123. The second-order valence-corrected chi connectivity index (χ2v) is 3.85. The minimum atomic E-state index is 0.240. The van der Waals surface area contributed by atoms with E-state index in [9.17, 15) is 0 Å². The van der Waals surface area contributed by atoms with Gasteiger partial charge in [0.05, 0.1) is 0 Å². The molecule has 2 aliphatic rings. The minimum absolute atomic E-state index is 0.240. The van der Waals surface area contributed by atoms with Gasteiger partial charge >= 0.3 is 0 Å². The summed E-state index contributed by atoms with van der Waals surface area (Å²) in [5, 5.41) is 0. The Morgan fingerprint density at radius 2 is 1.80 bits per heavy atom. The molecular formula is C8H16N2. The van der Waals surface area contributed by atoms with E-state index in [2.05, 4.69) is 4.90 Å². The van der Waals surface area contributed by atoms with Crippen LogP contribution in [0.4, 0.5) is 0 Å². The zero-order valence-corrected chi connectivity index (χ0v) is 6.47. The molecule has 58 valence electrons. The first-order chi connectivity index (χ1) is 4.79. The predicted octanol–water partition coefficient (Wildman–Crippen LogP) is 0.573. The summed E-state index contributed by atoms with van der Waals surface area (Å²) in [6.07, 6.45) is 5.28. The van der Waals surface area contributed by atoms with Gasteiger partial charge in [0, 0.05) is 12.1 Å². The molecule has 0 atom stereocenters. The zero-order valence-electron chi connectivity index (χ0n) is 6.47. The maximum Gasteiger partial charge on any atom is 0.0284 e. The molecular weight excluding hydrogens is 124 g/mol. The van der Waals surface area contributed by atoms with Crippen LogP contribution in [-0.2, 0) is 0 Å². The number of hydrogen-bond acceptors (Lipinski definition) is 2. The van der Waals surface area contributed by atoms with Crippen molar-refractivity contribution < 1.29 is 0 Å². The summed E-state index contributed by atoms with van der Waals surface area (Å²) in [5.41, 5.74) is 6.23. The summed E-state index contributed by atoms with van der Waals surface area (Å²) >= 11 is 0. The molecule has 1 aliphatic carbocycles. The lowest BCUT2D eigenvalue weighted by molar-refractivity contribution is 0.306. The van der Waals surface area contributed by atoms with E-state index in [0.29, 0.717) is 0 Å². The molecule has 1 saturated heterocycles. The first-order valence-electron chi connectivity index (χ1n) is 4.30. The van der Waals surface area contributed by atoms with Crippen LogP contribution in [0.25, 0.3) is 0 Å². The smallest absolute Gasteiger partial charge is 0.0284 e. The van der Waals surface area contributed by atoms with Crippen LogP contribution >= 0.6 is 0 Å². The number of nitrogens with two attached hydrogens (primary N) is 1. The van der Waals surface area contributed by atoms with Crippen molar-refractivity contribution in [2.24, 2.45) is 5.73 Å². The summed E-state index contributed by atoms with van der Waals surface area (Å²) in [4.78, 5) is 2.51. The molecule has 1 heterocycles. The molecule has 1 aliphatic heterocycles. The van der Waals surface area contributed by atoms with Gasteiger partial charge in [-0.05, 0) is 38.8 Å². The fourth-order valence-corrected chi connectivity index (χ4v) is 1.70. The van der Waals surface area contributed by atoms with Crippen LogP contribution in [0.1, 0.15) is 25.7 Å². The van der Waals surface area contributed by atoms with E-state index >= 15 is 0 Å². The fraction of sp³-hybridized carbons (Fsp3) is 1.00. The van der Waals surface area contributed by atoms with Gasteiger partial charge in [-0.2, -0.15) is 0 Å². The van der Waals surface area contributed by atoms with E-state index in [0.717, 1.165) is 6.54 Å². The third-order valence-electron chi connectivity index (χ3n) is 2.63. The van der Waals surface area contributed by atoms with Gasteiger partial charge in [0.15, 0.2) is 0 Å². The molecule has 0 amide bonds. The Kier molecular flexibility index (Phi) is 1.46. The SMILES string of the molecule is NC1(CN2CCCC2)CC1. The van der Waals surface area contributed by atoms with Crippen LogP contribution < -0.4 is 5.73 Å². The van der Waals surface area contributed by atoms with E-state index in [1.807, 2.05) is 0 Å². The second-order valence-electron chi connectivity index (χ2n) is 3.85. The zero-order chi connectivity index (χ0) is 7.03. The van der Waals surface area contributed by atoms with E-state index in [4.69, 9.17) is 5.73 Å². The van der Waals surface area contributed by atoms with E-state index in [1.165, 1.54) is 38.8 Å². The number of nitrogens with zero attached hydrogens (tertiary/aromatic N) is 1. The van der Waals surface area contributed by atoms with Crippen LogP contribution in [0.2, 0.25) is 0 Å². The molecule has 0 aromatic carbocycles. The minimum Gasteiger partial charge on any atom is -0.324 e. The predicted molar refractivity (Wildman–Crippen MR) is 41.8 cm³/mol. The molecule has 1 saturated carbocycles. The molecule has 2 nitrogen and oxygen atoms in total. The number of likely N-dealkylation sites (tertiary alicyclic amines) is 1. The third-order valence-corrected chi connectivity index (χ3v) is 2.63. The molecule has 0 radical (unpaired) electrons. The lowest BCUT2D eigenvalue weighted by atomic mass is 10.3. The Hall–Kier alpha value is -0.0800. The van der Waals surface area contributed by atoms with Gasteiger partial charge in [-0.25, -0.2) is 0 Å². The molecule has 2 rings (SSSR count). The summed E-state index contributed by atoms with van der Waals surface area (Å²) in [7, 11) is 0. The van der Waals surface area contributed by atoms with E-state index in [-0.39, 0.29) is 5.54 Å². The van der Waals surface area contributed by atoms with Gasteiger partial charge in [0.1, 0.15) is 0 Å². The van der Waals surface area contributed by atoms with Crippen molar-refractivity contribution in [3.05, 3.63) is 0 Å². The van der Waals surface area contributed by atoms with Crippen molar-refractivity contribution in [1.82, 2.24) is 4.90 Å². The van der Waals surface area contributed by atoms with Crippen LogP contribution in [-0.4, -0.2) is 30.1 Å².